The molecular weight excluding hydrogens is 220 g/mol. The predicted octanol–water partition coefficient (Wildman–Crippen LogP) is -0.640. The summed E-state index contributed by atoms with van der Waals surface area (Å²) in [5, 5.41) is 7.89. The molecule has 0 amide bonds. The molecule has 7 heteroatoms. The van der Waals surface area contributed by atoms with Gasteiger partial charge in [-0.3, -0.25) is 14.2 Å². The Balaban J connectivity index is 2.08. The first-order valence-electron chi connectivity index (χ1n) is 5.17. The quantitative estimate of drug-likeness (QED) is 0.759. The lowest BCUT2D eigenvalue weighted by atomic mass is 10.1. The number of rotatable bonds is 4. The van der Waals surface area contributed by atoms with Crippen molar-refractivity contribution < 1.29 is 4.79 Å². The van der Waals surface area contributed by atoms with Crippen LogP contribution in [-0.4, -0.2) is 30.3 Å². The normalized spacial score (nSPS) is 12.6. The summed E-state index contributed by atoms with van der Waals surface area (Å²) in [7, 11) is 3.52. The second kappa shape index (κ2) is 4.46. The third-order valence-corrected chi connectivity index (χ3v) is 2.57. The van der Waals surface area contributed by atoms with E-state index in [2.05, 4.69) is 15.2 Å². The number of aromatic nitrogens is 5. The summed E-state index contributed by atoms with van der Waals surface area (Å²) in [4.78, 5) is 15.9. The van der Waals surface area contributed by atoms with Crippen LogP contribution in [0.2, 0.25) is 0 Å². The lowest BCUT2D eigenvalue weighted by Gasteiger charge is -2.07. The summed E-state index contributed by atoms with van der Waals surface area (Å²) < 4.78 is 3.18. The first kappa shape index (κ1) is 11.5. The second-order valence-corrected chi connectivity index (χ2v) is 3.87. The minimum atomic E-state index is -0.666. The molecular formula is C10H14N6O. The first-order valence-corrected chi connectivity index (χ1v) is 5.17. The number of aryl methyl sites for hydroxylation is 2. The molecule has 1 atom stereocenters. The lowest BCUT2D eigenvalue weighted by molar-refractivity contribution is -0.119. The van der Waals surface area contributed by atoms with Crippen molar-refractivity contribution in [3.63, 3.8) is 0 Å². The molecule has 0 aliphatic heterocycles. The highest BCUT2D eigenvalue weighted by Crippen LogP contribution is 2.11. The second-order valence-electron chi connectivity index (χ2n) is 3.87. The summed E-state index contributed by atoms with van der Waals surface area (Å²) in [6.45, 7) is 0. The van der Waals surface area contributed by atoms with Crippen molar-refractivity contribution in [3.05, 3.63) is 30.1 Å². The van der Waals surface area contributed by atoms with E-state index in [1.807, 2.05) is 0 Å². The standard InChI is InChI=1S/C10H14N6O/c1-15-5-7(4-13-15)10(11)8(17)3-9-12-6-14-16(9)2/h4-6,10H,3,11H2,1-2H3. The molecule has 2 aromatic rings. The highest BCUT2D eigenvalue weighted by molar-refractivity contribution is 5.86. The van der Waals surface area contributed by atoms with Gasteiger partial charge in [-0.05, 0) is 0 Å². The van der Waals surface area contributed by atoms with Crippen molar-refractivity contribution in [2.45, 2.75) is 12.5 Å². The molecule has 7 nitrogen and oxygen atoms in total. The number of hydrogen-bond donors (Lipinski definition) is 1. The summed E-state index contributed by atoms with van der Waals surface area (Å²) >= 11 is 0. The van der Waals surface area contributed by atoms with Crippen LogP contribution >= 0.6 is 0 Å². The fraction of sp³-hybridized carbons (Fsp3) is 0.400. The van der Waals surface area contributed by atoms with Crippen LogP contribution in [0.15, 0.2) is 18.7 Å². The Bertz CT molecular complexity index is 528. The number of carbonyl (C=O) groups is 1. The zero-order valence-corrected chi connectivity index (χ0v) is 9.74. The zero-order chi connectivity index (χ0) is 12.4. The van der Waals surface area contributed by atoms with Crippen LogP contribution in [0.4, 0.5) is 0 Å². The molecule has 2 N–H and O–H groups in total. The summed E-state index contributed by atoms with van der Waals surface area (Å²) in [6, 6.07) is -0.666. The predicted molar refractivity (Wildman–Crippen MR) is 59.9 cm³/mol. The highest BCUT2D eigenvalue weighted by atomic mass is 16.1. The molecule has 90 valence electrons. The number of carbonyl (C=O) groups excluding carboxylic acids is 1. The van der Waals surface area contributed by atoms with E-state index >= 15 is 0 Å². The van der Waals surface area contributed by atoms with Gasteiger partial charge in [-0.1, -0.05) is 0 Å². The largest absolute Gasteiger partial charge is 0.318 e. The number of ketones is 1. The molecule has 0 aliphatic rings. The van der Waals surface area contributed by atoms with Crippen molar-refractivity contribution in [2.75, 3.05) is 0 Å². The van der Waals surface area contributed by atoms with E-state index in [-0.39, 0.29) is 12.2 Å². The fourth-order valence-corrected chi connectivity index (χ4v) is 1.53. The Morgan fingerprint density at radius 3 is 2.76 bits per heavy atom. The third kappa shape index (κ3) is 2.39. The summed E-state index contributed by atoms with van der Waals surface area (Å²) in [6.07, 6.45) is 4.92. The zero-order valence-electron chi connectivity index (χ0n) is 9.74. The van der Waals surface area contributed by atoms with Crippen LogP contribution < -0.4 is 5.73 Å². The van der Waals surface area contributed by atoms with Gasteiger partial charge in [0.2, 0.25) is 0 Å². The molecule has 0 bridgehead atoms. The maximum Gasteiger partial charge on any atom is 0.161 e. The van der Waals surface area contributed by atoms with Gasteiger partial charge in [-0.25, -0.2) is 4.98 Å². The van der Waals surface area contributed by atoms with Gasteiger partial charge in [0, 0.05) is 25.9 Å². The van der Waals surface area contributed by atoms with Gasteiger partial charge in [-0.15, -0.1) is 0 Å². The molecule has 0 radical (unpaired) electrons. The number of nitrogens with two attached hydrogens (primary N) is 1. The topological polar surface area (TPSA) is 91.6 Å². The molecule has 17 heavy (non-hydrogen) atoms. The van der Waals surface area contributed by atoms with Gasteiger partial charge >= 0.3 is 0 Å². The highest BCUT2D eigenvalue weighted by Gasteiger charge is 2.19. The van der Waals surface area contributed by atoms with Gasteiger partial charge in [0.25, 0.3) is 0 Å². The monoisotopic (exact) mass is 234 g/mol. The van der Waals surface area contributed by atoms with Crippen LogP contribution in [-0.2, 0) is 25.3 Å². The van der Waals surface area contributed by atoms with Gasteiger partial charge in [0.05, 0.1) is 18.7 Å². The Morgan fingerprint density at radius 1 is 1.47 bits per heavy atom. The van der Waals surface area contributed by atoms with Crippen LogP contribution in [0.25, 0.3) is 0 Å². The van der Waals surface area contributed by atoms with Crippen molar-refractivity contribution in [1.82, 2.24) is 24.5 Å². The Hall–Kier alpha value is -2.02. The van der Waals surface area contributed by atoms with Crippen molar-refractivity contribution in [2.24, 2.45) is 19.8 Å². The van der Waals surface area contributed by atoms with Crippen LogP contribution in [0.5, 0.6) is 0 Å². The van der Waals surface area contributed by atoms with E-state index in [0.717, 1.165) is 0 Å². The summed E-state index contributed by atoms with van der Waals surface area (Å²) in [5.74, 6) is 0.503. The average Bonchev–Trinajstić information content (AvgIpc) is 2.88. The van der Waals surface area contributed by atoms with E-state index in [4.69, 9.17) is 5.73 Å². The van der Waals surface area contributed by atoms with E-state index in [1.54, 1.807) is 35.9 Å². The van der Waals surface area contributed by atoms with Crippen LogP contribution in [0, 0.1) is 0 Å². The van der Waals surface area contributed by atoms with Crippen molar-refractivity contribution in [3.8, 4) is 0 Å². The molecule has 2 aromatic heterocycles. The van der Waals surface area contributed by atoms with Crippen LogP contribution in [0.3, 0.4) is 0 Å². The third-order valence-electron chi connectivity index (χ3n) is 2.57. The van der Waals surface area contributed by atoms with Gasteiger partial charge in [-0.2, -0.15) is 10.2 Å². The molecule has 1 unspecified atom stereocenters. The Labute approximate surface area is 98.2 Å². The molecule has 2 heterocycles. The van der Waals surface area contributed by atoms with E-state index in [1.165, 1.54) is 6.33 Å². The van der Waals surface area contributed by atoms with Crippen molar-refractivity contribution >= 4 is 5.78 Å². The van der Waals surface area contributed by atoms with E-state index < -0.39 is 6.04 Å². The number of hydrogen-bond acceptors (Lipinski definition) is 5. The molecule has 0 spiro atoms. The molecule has 0 saturated heterocycles. The van der Waals surface area contributed by atoms with Gasteiger partial charge < -0.3 is 5.73 Å². The van der Waals surface area contributed by atoms with E-state index in [0.29, 0.717) is 11.4 Å². The van der Waals surface area contributed by atoms with Gasteiger partial charge in [0.15, 0.2) is 5.78 Å². The van der Waals surface area contributed by atoms with E-state index in [9.17, 15) is 4.79 Å². The SMILES string of the molecule is Cn1cc(C(N)C(=O)Cc2ncnn2C)cn1. The maximum atomic E-state index is 11.9. The molecule has 0 fully saturated rings. The maximum absolute atomic E-state index is 11.9. The van der Waals surface area contributed by atoms with Gasteiger partial charge in [0.1, 0.15) is 12.2 Å². The minimum absolute atomic E-state index is 0.103. The number of Topliss-reactive ketones (excluding diaryl/α,β-unsaturated/α-hetero) is 1. The van der Waals surface area contributed by atoms with Crippen molar-refractivity contribution in [1.29, 1.82) is 0 Å². The Kier molecular flexibility index (Phi) is 3.01. The van der Waals surface area contributed by atoms with Crippen LogP contribution in [0.1, 0.15) is 17.4 Å². The molecule has 2 rings (SSSR count). The summed E-state index contributed by atoms with van der Waals surface area (Å²) in [5.41, 5.74) is 6.57. The lowest BCUT2D eigenvalue weighted by Crippen LogP contribution is -2.24. The first-order chi connectivity index (χ1) is 8.08. The Morgan fingerprint density at radius 2 is 2.24 bits per heavy atom. The molecule has 0 aliphatic carbocycles. The molecule has 0 aromatic carbocycles. The molecule has 0 saturated carbocycles. The smallest absolute Gasteiger partial charge is 0.161 e. The minimum Gasteiger partial charge on any atom is -0.318 e. The fourth-order valence-electron chi connectivity index (χ4n) is 1.53. The number of nitrogens with zero attached hydrogens (tertiary/aromatic N) is 5. The average molecular weight is 234 g/mol.